The molecule has 2 nitrogen and oxygen atoms in total. The summed E-state index contributed by atoms with van der Waals surface area (Å²) >= 11 is 11.3. The molecule has 0 radical (unpaired) electrons. The van der Waals surface area contributed by atoms with Gasteiger partial charge in [0.05, 0.1) is 15.6 Å². The average Bonchev–Trinajstić information content (AvgIpc) is 1.96. The Kier molecular flexibility index (Phi) is 2.60. The molecule has 0 heterocycles. The number of halogens is 2. The van der Waals surface area contributed by atoms with Crippen LogP contribution in [-0.4, -0.2) is 11.1 Å². The van der Waals surface area contributed by atoms with Crippen LogP contribution in [0.1, 0.15) is 15.9 Å². The van der Waals surface area contributed by atoms with Crippen molar-refractivity contribution in [2.75, 3.05) is 0 Å². The molecule has 1 aromatic rings. The van der Waals surface area contributed by atoms with Gasteiger partial charge in [0, 0.05) is 0 Å². The zero-order chi connectivity index (χ0) is 9.30. The number of benzene rings is 1. The molecule has 64 valence electrons. The van der Waals surface area contributed by atoms with Crippen LogP contribution in [0.4, 0.5) is 0 Å². The van der Waals surface area contributed by atoms with Crippen molar-refractivity contribution >= 4 is 29.2 Å². The molecule has 1 aromatic carbocycles. The van der Waals surface area contributed by atoms with Gasteiger partial charge in [-0.2, -0.15) is 0 Å². The summed E-state index contributed by atoms with van der Waals surface area (Å²) in [5.74, 6) is -1.06. The number of rotatable bonds is 1. The van der Waals surface area contributed by atoms with E-state index in [-0.39, 0.29) is 15.6 Å². The molecule has 0 bridgehead atoms. The first-order chi connectivity index (χ1) is 5.52. The standard InChI is InChI=1S/C8H6Cl2O2/c1-4-2-5(8(11)12)7(10)6(9)3-4/h2-3H,1H3,(H,11,12). The highest BCUT2D eigenvalue weighted by Crippen LogP contribution is 2.27. The fraction of sp³-hybridized carbons (Fsp3) is 0.125. The van der Waals surface area contributed by atoms with Crippen LogP contribution < -0.4 is 0 Å². The van der Waals surface area contributed by atoms with Gasteiger partial charge in [0.25, 0.3) is 0 Å². The molecule has 0 unspecified atom stereocenters. The monoisotopic (exact) mass is 204 g/mol. The van der Waals surface area contributed by atoms with Gasteiger partial charge in [-0.05, 0) is 24.6 Å². The number of hydrogen-bond donors (Lipinski definition) is 1. The van der Waals surface area contributed by atoms with Gasteiger partial charge in [0.15, 0.2) is 0 Å². The van der Waals surface area contributed by atoms with E-state index in [1.54, 1.807) is 13.0 Å². The van der Waals surface area contributed by atoms with Crippen LogP contribution in [0.15, 0.2) is 12.1 Å². The van der Waals surface area contributed by atoms with E-state index >= 15 is 0 Å². The van der Waals surface area contributed by atoms with E-state index in [9.17, 15) is 4.79 Å². The van der Waals surface area contributed by atoms with E-state index in [1.165, 1.54) is 6.07 Å². The molecular formula is C8H6Cl2O2. The molecule has 0 aromatic heterocycles. The summed E-state index contributed by atoms with van der Waals surface area (Å²) in [6.07, 6.45) is 0. The van der Waals surface area contributed by atoms with Gasteiger partial charge in [-0.25, -0.2) is 4.79 Å². The third-order valence-corrected chi connectivity index (χ3v) is 2.20. The Labute approximate surface area is 79.7 Å². The van der Waals surface area contributed by atoms with Crippen molar-refractivity contribution in [2.45, 2.75) is 6.92 Å². The van der Waals surface area contributed by atoms with E-state index < -0.39 is 5.97 Å². The fourth-order valence-corrected chi connectivity index (χ4v) is 1.34. The molecule has 0 saturated heterocycles. The fourth-order valence-electron chi connectivity index (χ4n) is 0.880. The Morgan fingerprint density at radius 3 is 2.50 bits per heavy atom. The normalized spacial score (nSPS) is 9.92. The first kappa shape index (κ1) is 9.36. The lowest BCUT2D eigenvalue weighted by Crippen LogP contribution is -1.98. The Hall–Kier alpha value is -0.730. The minimum atomic E-state index is -1.06. The maximum absolute atomic E-state index is 10.6. The quantitative estimate of drug-likeness (QED) is 0.764. The molecule has 0 aliphatic carbocycles. The highest BCUT2D eigenvalue weighted by molar-refractivity contribution is 6.43. The van der Waals surface area contributed by atoms with Gasteiger partial charge in [0.2, 0.25) is 0 Å². The molecule has 1 N–H and O–H groups in total. The molecule has 0 aliphatic rings. The first-order valence-corrected chi connectivity index (χ1v) is 3.97. The number of aryl methyl sites for hydroxylation is 1. The summed E-state index contributed by atoms with van der Waals surface area (Å²) in [7, 11) is 0. The predicted molar refractivity (Wildman–Crippen MR) is 48.2 cm³/mol. The summed E-state index contributed by atoms with van der Waals surface area (Å²) in [6.45, 7) is 1.76. The molecule has 0 saturated carbocycles. The number of carbonyl (C=O) groups is 1. The van der Waals surface area contributed by atoms with Crippen molar-refractivity contribution in [1.82, 2.24) is 0 Å². The smallest absolute Gasteiger partial charge is 0.337 e. The SMILES string of the molecule is Cc1cc(Cl)c(Cl)c(C(=O)O)c1. The van der Waals surface area contributed by atoms with E-state index in [1.807, 2.05) is 0 Å². The summed E-state index contributed by atoms with van der Waals surface area (Å²) in [4.78, 5) is 10.6. The second kappa shape index (κ2) is 3.33. The maximum Gasteiger partial charge on any atom is 0.337 e. The molecule has 0 atom stereocenters. The Morgan fingerprint density at radius 1 is 1.42 bits per heavy atom. The number of aromatic carboxylic acids is 1. The van der Waals surface area contributed by atoms with Gasteiger partial charge < -0.3 is 5.11 Å². The van der Waals surface area contributed by atoms with Gasteiger partial charge in [-0.15, -0.1) is 0 Å². The topological polar surface area (TPSA) is 37.3 Å². The highest BCUT2D eigenvalue weighted by atomic mass is 35.5. The molecule has 0 amide bonds. The van der Waals surface area contributed by atoms with Gasteiger partial charge in [-0.1, -0.05) is 23.2 Å². The van der Waals surface area contributed by atoms with Crippen molar-refractivity contribution in [1.29, 1.82) is 0 Å². The van der Waals surface area contributed by atoms with Crippen LogP contribution in [0.2, 0.25) is 10.0 Å². The molecule has 0 fully saturated rings. The van der Waals surface area contributed by atoms with E-state index in [0.717, 1.165) is 5.56 Å². The minimum Gasteiger partial charge on any atom is -0.478 e. The third-order valence-electron chi connectivity index (χ3n) is 1.40. The van der Waals surface area contributed by atoms with Crippen LogP contribution in [0.3, 0.4) is 0 Å². The second-order valence-electron chi connectivity index (χ2n) is 2.41. The third kappa shape index (κ3) is 1.71. The number of carboxylic acid groups (broad SMARTS) is 1. The van der Waals surface area contributed by atoms with E-state index in [2.05, 4.69) is 0 Å². The lowest BCUT2D eigenvalue weighted by Gasteiger charge is -2.02. The van der Waals surface area contributed by atoms with Gasteiger partial charge in [-0.3, -0.25) is 0 Å². The molecular weight excluding hydrogens is 199 g/mol. The zero-order valence-corrected chi connectivity index (χ0v) is 7.78. The van der Waals surface area contributed by atoms with Crippen molar-refractivity contribution < 1.29 is 9.90 Å². The van der Waals surface area contributed by atoms with Gasteiger partial charge in [0.1, 0.15) is 0 Å². The van der Waals surface area contributed by atoms with Crippen LogP contribution in [0, 0.1) is 6.92 Å². The van der Waals surface area contributed by atoms with Crippen LogP contribution in [0.5, 0.6) is 0 Å². The summed E-state index contributed by atoms with van der Waals surface area (Å²) in [5, 5.41) is 9.04. The minimum absolute atomic E-state index is 0.0432. The average molecular weight is 205 g/mol. The van der Waals surface area contributed by atoms with Crippen molar-refractivity contribution in [3.63, 3.8) is 0 Å². The van der Waals surface area contributed by atoms with Crippen molar-refractivity contribution in [3.05, 3.63) is 33.3 Å². The largest absolute Gasteiger partial charge is 0.478 e. The maximum atomic E-state index is 10.6. The lowest BCUT2D eigenvalue weighted by molar-refractivity contribution is 0.0697. The Balaban J connectivity index is 3.37. The number of hydrogen-bond acceptors (Lipinski definition) is 1. The molecule has 0 aliphatic heterocycles. The predicted octanol–water partition coefficient (Wildman–Crippen LogP) is 3.00. The number of carboxylic acids is 1. The summed E-state index contributed by atoms with van der Waals surface area (Å²) in [6, 6.07) is 3.10. The first-order valence-electron chi connectivity index (χ1n) is 3.21. The highest BCUT2D eigenvalue weighted by Gasteiger charge is 2.11. The summed E-state index contributed by atoms with van der Waals surface area (Å²) in [5.41, 5.74) is 0.823. The van der Waals surface area contributed by atoms with Crippen LogP contribution >= 0.6 is 23.2 Å². The molecule has 0 spiro atoms. The lowest BCUT2D eigenvalue weighted by atomic mass is 10.1. The van der Waals surface area contributed by atoms with Crippen LogP contribution in [0.25, 0.3) is 0 Å². The van der Waals surface area contributed by atoms with Crippen molar-refractivity contribution in [2.24, 2.45) is 0 Å². The Bertz CT molecular complexity index is 334. The molecule has 12 heavy (non-hydrogen) atoms. The van der Waals surface area contributed by atoms with Gasteiger partial charge >= 0.3 is 5.97 Å². The van der Waals surface area contributed by atoms with E-state index in [0.29, 0.717) is 0 Å². The van der Waals surface area contributed by atoms with Crippen molar-refractivity contribution in [3.8, 4) is 0 Å². The van der Waals surface area contributed by atoms with Crippen LogP contribution in [-0.2, 0) is 0 Å². The molecule has 4 heteroatoms. The Morgan fingerprint density at radius 2 is 2.00 bits per heavy atom. The molecule has 1 rings (SSSR count). The zero-order valence-electron chi connectivity index (χ0n) is 6.27. The second-order valence-corrected chi connectivity index (χ2v) is 3.20. The summed E-state index contributed by atoms with van der Waals surface area (Å²) < 4.78 is 0. The van der Waals surface area contributed by atoms with E-state index in [4.69, 9.17) is 28.3 Å².